The van der Waals surface area contributed by atoms with Crippen molar-refractivity contribution in [2.45, 2.75) is 77.3 Å². The summed E-state index contributed by atoms with van der Waals surface area (Å²) in [5.74, 6) is 0. The van der Waals surface area contributed by atoms with Gasteiger partial charge in [-0.2, -0.15) is 0 Å². The highest BCUT2D eigenvalue weighted by Crippen LogP contribution is 2.13. The number of hydrogen-bond donors (Lipinski definition) is 0. The zero-order valence-corrected chi connectivity index (χ0v) is 12.2. The largest absolute Gasteiger partial charge is 0.247 e. The summed E-state index contributed by atoms with van der Waals surface area (Å²) in [4.78, 5) is 2.63. The molecule has 0 aromatic carbocycles. The van der Waals surface area contributed by atoms with Gasteiger partial charge in [0.2, 0.25) is 0 Å². The molecule has 0 aliphatic heterocycles. The summed E-state index contributed by atoms with van der Waals surface area (Å²) in [7, 11) is 0. The molecule has 0 heterocycles. The Morgan fingerprint density at radius 1 is 1.05 bits per heavy atom. The molecule has 0 aromatic heterocycles. The number of allylic oxidation sites excluding steroid dienone is 1. The van der Waals surface area contributed by atoms with Crippen molar-refractivity contribution in [3.8, 4) is 0 Å². The van der Waals surface area contributed by atoms with Crippen molar-refractivity contribution >= 4 is 0 Å². The Labute approximate surface area is 116 Å². The van der Waals surface area contributed by atoms with Crippen LogP contribution in [0.2, 0.25) is 0 Å². The molecule has 19 heavy (non-hydrogen) atoms. The highest BCUT2D eigenvalue weighted by atomic mass is 19.1. The molecule has 0 bridgehead atoms. The smallest absolute Gasteiger partial charge is 0.104 e. The molecule has 0 spiro atoms. The third kappa shape index (κ3) is 14.9. The van der Waals surface area contributed by atoms with Gasteiger partial charge in [-0.15, -0.1) is 0 Å². The van der Waals surface area contributed by atoms with Gasteiger partial charge in [0.1, 0.15) is 6.17 Å². The van der Waals surface area contributed by atoms with Crippen LogP contribution in [0.4, 0.5) is 4.39 Å². The molecule has 0 aliphatic rings. The first-order valence-electron chi connectivity index (χ1n) is 7.61. The first-order valence-corrected chi connectivity index (χ1v) is 7.61. The minimum absolute atomic E-state index is 0.320. The van der Waals surface area contributed by atoms with Crippen molar-refractivity contribution in [2.75, 3.05) is 6.54 Å². The topological polar surface area (TPSA) is 48.8 Å². The molecule has 0 N–H and O–H groups in total. The molecule has 1 unspecified atom stereocenters. The maximum Gasteiger partial charge on any atom is 0.104 e. The quantitative estimate of drug-likeness (QED) is 0.127. The van der Waals surface area contributed by atoms with Crippen LogP contribution in [0.5, 0.6) is 0 Å². The average Bonchev–Trinajstić information content (AvgIpc) is 2.41. The lowest BCUT2D eigenvalue weighted by atomic mass is 10.0. The lowest BCUT2D eigenvalue weighted by Gasteiger charge is -2.05. The fraction of sp³-hybridized carbons (Fsp3) is 0.867. The molecule has 0 aromatic rings. The van der Waals surface area contributed by atoms with Crippen molar-refractivity contribution in [1.82, 2.24) is 0 Å². The standard InChI is InChI=1S/C15H28FN3/c1-2-3-4-5-6-7-8-9-12-15(16)13-10-11-14-18-19-17/h10-11,15H,2-9,12-14H2,1H3/b11-10+. The summed E-state index contributed by atoms with van der Waals surface area (Å²) >= 11 is 0. The molecule has 4 heteroatoms. The number of hydrogen-bond acceptors (Lipinski definition) is 1. The molecule has 0 amide bonds. The third-order valence-electron chi connectivity index (χ3n) is 3.18. The zero-order valence-electron chi connectivity index (χ0n) is 12.2. The predicted octanol–water partition coefficient (Wildman–Crippen LogP) is 6.11. The summed E-state index contributed by atoms with van der Waals surface area (Å²) in [5, 5.41) is 3.36. The van der Waals surface area contributed by atoms with E-state index in [9.17, 15) is 4.39 Å². The number of unbranched alkanes of at least 4 members (excludes halogenated alkanes) is 7. The van der Waals surface area contributed by atoms with Crippen LogP contribution in [0.15, 0.2) is 17.3 Å². The number of rotatable bonds is 13. The van der Waals surface area contributed by atoms with Crippen LogP contribution >= 0.6 is 0 Å². The molecular formula is C15H28FN3. The number of alkyl halides is 1. The minimum atomic E-state index is -0.748. The first-order chi connectivity index (χ1) is 9.31. The number of halogens is 1. The maximum atomic E-state index is 13.4. The first kappa shape index (κ1) is 18.0. The van der Waals surface area contributed by atoms with E-state index in [2.05, 4.69) is 16.9 Å². The van der Waals surface area contributed by atoms with Crippen molar-refractivity contribution in [1.29, 1.82) is 0 Å². The van der Waals surface area contributed by atoms with Crippen LogP contribution in [0.3, 0.4) is 0 Å². The van der Waals surface area contributed by atoms with Gasteiger partial charge in [-0.25, -0.2) is 4.39 Å². The van der Waals surface area contributed by atoms with Gasteiger partial charge in [0.05, 0.1) is 0 Å². The van der Waals surface area contributed by atoms with Crippen molar-refractivity contribution in [2.24, 2.45) is 5.11 Å². The van der Waals surface area contributed by atoms with E-state index in [1.807, 2.05) is 0 Å². The van der Waals surface area contributed by atoms with Crippen LogP contribution < -0.4 is 0 Å². The van der Waals surface area contributed by atoms with Crippen LogP contribution in [0, 0.1) is 0 Å². The Morgan fingerprint density at radius 3 is 2.32 bits per heavy atom. The monoisotopic (exact) mass is 269 g/mol. The van der Waals surface area contributed by atoms with Crippen molar-refractivity contribution in [3.05, 3.63) is 22.6 Å². The van der Waals surface area contributed by atoms with Gasteiger partial charge in [0.15, 0.2) is 0 Å². The Kier molecular flexibility index (Phi) is 14.2. The average molecular weight is 269 g/mol. The van der Waals surface area contributed by atoms with Gasteiger partial charge in [-0.1, -0.05) is 75.6 Å². The van der Waals surface area contributed by atoms with Crippen molar-refractivity contribution < 1.29 is 4.39 Å². The van der Waals surface area contributed by atoms with E-state index in [0.717, 1.165) is 12.8 Å². The Balaban J connectivity index is 3.26. The Hall–Kier alpha value is -1.02. The second-order valence-electron chi connectivity index (χ2n) is 4.98. The van der Waals surface area contributed by atoms with E-state index in [0.29, 0.717) is 19.4 Å². The molecule has 0 saturated carbocycles. The van der Waals surface area contributed by atoms with Crippen LogP contribution in [0.25, 0.3) is 10.4 Å². The normalized spacial score (nSPS) is 12.5. The summed E-state index contributed by atoms with van der Waals surface area (Å²) in [5.41, 5.74) is 8.06. The molecule has 110 valence electrons. The molecule has 1 atom stereocenters. The molecule has 0 rings (SSSR count). The second kappa shape index (κ2) is 15.0. The predicted molar refractivity (Wildman–Crippen MR) is 79.9 cm³/mol. The third-order valence-corrected chi connectivity index (χ3v) is 3.18. The summed E-state index contributed by atoms with van der Waals surface area (Å²) in [6, 6.07) is 0. The second-order valence-corrected chi connectivity index (χ2v) is 4.98. The van der Waals surface area contributed by atoms with E-state index in [-0.39, 0.29) is 0 Å². The Bertz CT molecular complexity index is 260. The maximum absolute atomic E-state index is 13.4. The Morgan fingerprint density at radius 2 is 1.68 bits per heavy atom. The molecule has 0 aliphatic carbocycles. The fourth-order valence-corrected chi connectivity index (χ4v) is 2.02. The highest BCUT2D eigenvalue weighted by Gasteiger charge is 2.03. The van der Waals surface area contributed by atoms with Crippen LogP contribution in [-0.4, -0.2) is 12.7 Å². The highest BCUT2D eigenvalue weighted by molar-refractivity contribution is 4.86. The van der Waals surface area contributed by atoms with Gasteiger partial charge in [0.25, 0.3) is 0 Å². The van der Waals surface area contributed by atoms with Gasteiger partial charge in [0, 0.05) is 11.5 Å². The molecule has 3 nitrogen and oxygen atoms in total. The van der Waals surface area contributed by atoms with Crippen LogP contribution in [-0.2, 0) is 0 Å². The molecular weight excluding hydrogens is 241 g/mol. The van der Waals surface area contributed by atoms with E-state index < -0.39 is 6.17 Å². The summed E-state index contributed by atoms with van der Waals surface area (Å²) < 4.78 is 13.4. The zero-order chi connectivity index (χ0) is 14.2. The summed E-state index contributed by atoms with van der Waals surface area (Å²) in [6.45, 7) is 2.55. The molecule has 0 fully saturated rings. The minimum Gasteiger partial charge on any atom is -0.247 e. The summed E-state index contributed by atoms with van der Waals surface area (Å²) in [6.07, 6.45) is 13.8. The van der Waals surface area contributed by atoms with E-state index in [1.54, 1.807) is 12.2 Å². The molecule has 0 radical (unpaired) electrons. The van der Waals surface area contributed by atoms with E-state index in [4.69, 9.17) is 5.53 Å². The fourth-order valence-electron chi connectivity index (χ4n) is 2.02. The van der Waals surface area contributed by atoms with Gasteiger partial charge >= 0.3 is 0 Å². The van der Waals surface area contributed by atoms with Gasteiger partial charge in [-0.05, 0) is 18.4 Å². The number of azide groups is 1. The van der Waals surface area contributed by atoms with Crippen LogP contribution in [0.1, 0.15) is 71.1 Å². The van der Waals surface area contributed by atoms with Gasteiger partial charge in [-0.3, -0.25) is 0 Å². The van der Waals surface area contributed by atoms with Crippen molar-refractivity contribution in [3.63, 3.8) is 0 Å². The molecule has 0 saturated heterocycles. The lowest BCUT2D eigenvalue weighted by Crippen LogP contribution is -1.97. The number of nitrogens with zero attached hydrogens (tertiary/aromatic N) is 3. The SMILES string of the molecule is CCCCCCCCCCC(F)C/C=C/CN=[N+]=[N-]. The van der Waals surface area contributed by atoms with E-state index >= 15 is 0 Å². The lowest BCUT2D eigenvalue weighted by molar-refractivity contribution is 0.307. The van der Waals surface area contributed by atoms with E-state index in [1.165, 1.54) is 38.5 Å². The van der Waals surface area contributed by atoms with Gasteiger partial charge < -0.3 is 0 Å².